The van der Waals surface area contributed by atoms with Crippen LogP contribution in [-0.4, -0.2) is 16.9 Å². The summed E-state index contributed by atoms with van der Waals surface area (Å²) in [5, 5.41) is 13.7. The Hall–Kier alpha value is -1.33. The lowest BCUT2D eigenvalue weighted by atomic mass is 10.1. The smallest absolute Gasteiger partial charge is 0.290 e. The maximum atomic E-state index is 12.2. The van der Waals surface area contributed by atoms with Crippen LogP contribution in [0, 0.1) is 10.1 Å². The molecule has 21 heavy (non-hydrogen) atoms. The van der Waals surface area contributed by atoms with Gasteiger partial charge in [-0.3, -0.25) is 14.9 Å². The molecule has 0 aromatic heterocycles. The number of halogens is 2. The highest BCUT2D eigenvalue weighted by Gasteiger charge is 2.22. The highest BCUT2D eigenvalue weighted by molar-refractivity contribution is 6.43. The Bertz CT molecular complexity index is 555. The van der Waals surface area contributed by atoms with E-state index in [0.29, 0.717) is 0 Å². The molecule has 0 radical (unpaired) electrons. The number of rotatable bonds is 3. The van der Waals surface area contributed by atoms with E-state index in [9.17, 15) is 14.9 Å². The van der Waals surface area contributed by atoms with E-state index in [4.69, 9.17) is 23.2 Å². The number of nitro benzene ring substituents is 1. The first kappa shape index (κ1) is 16.0. The molecule has 0 spiro atoms. The van der Waals surface area contributed by atoms with Gasteiger partial charge in [-0.25, -0.2) is 0 Å². The summed E-state index contributed by atoms with van der Waals surface area (Å²) in [4.78, 5) is 22.5. The molecule has 0 unspecified atom stereocenters. The highest BCUT2D eigenvalue weighted by Crippen LogP contribution is 2.33. The van der Waals surface area contributed by atoms with Gasteiger partial charge in [-0.1, -0.05) is 48.9 Å². The predicted octanol–water partition coefficient (Wildman–Crippen LogP) is 4.35. The van der Waals surface area contributed by atoms with Crippen LogP contribution in [0.1, 0.15) is 48.9 Å². The molecule has 1 N–H and O–H groups in total. The van der Waals surface area contributed by atoms with Crippen LogP contribution in [0.15, 0.2) is 12.1 Å². The zero-order valence-electron chi connectivity index (χ0n) is 11.4. The first-order valence-corrected chi connectivity index (χ1v) is 7.69. The first-order valence-electron chi connectivity index (χ1n) is 6.93. The minimum atomic E-state index is -0.642. The number of nitrogens with zero attached hydrogens (tertiary/aromatic N) is 1. The summed E-state index contributed by atoms with van der Waals surface area (Å²) in [6.07, 6.45) is 6.43. The fourth-order valence-electron chi connectivity index (χ4n) is 2.53. The molecule has 1 aliphatic rings. The van der Waals surface area contributed by atoms with Gasteiger partial charge in [0.15, 0.2) is 0 Å². The molecule has 5 nitrogen and oxygen atoms in total. The molecule has 114 valence electrons. The van der Waals surface area contributed by atoms with Gasteiger partial charge < -0.3 is 5.32 Å². The lowest BCUT2D eigenvalue weighted by Gasteiger charge is -2.16. The van der Waals surface area contributed by atoms with Crippen molar-refractivity contribution in [1.82, 2.24) is 5.32 Å². The molecular weight excluding hydrogens is 315 g/mol. The summed E-state index contributed by atoms with van der Waals surface area (Å²) in [5.74, 6) is -0.344. The molecule has 0 saturated heterocycles. The number of carbonyl (C=O) groups is 1. The molecule has 0 atom stereocenters. The third-order valence-electron chi connectivity index (χ3n) is 3.66. The SMILES string of the molecule is O=C(NC1CCCCCC1)c1cc(Cl)c(Cl)c([N+](=O)[O-])c1. The van der Waals surface area contributed by atoms with E-state index >= 15 is 0 Å². The summed E-state index contributed by atoms with van der Waals surface area (Å²) in [5.41, 5.74) is -0.185. The van der Waals surface area contributed by atoms with Crippen molar-refractivity contribution in [3.05, 3.63) is 37.9 Å². The van der Waals surface area contributed by atoms with Crippen LogP contribution in [0.3, 0.4) is 0 Å². The Kier molecular flexibility index (Phi) is 5.42. The molecule has 2 rings (SSSR count). The van der Waals surface area contributed by atoms with E-state index in [-0.39, 0.29) is 33.2 Å². The van der Waals surface area contributed by atoms with Crippen LogP contribution >= 0.6 is 23.2 Å². The van der Waals surface area contributed by atoms with Crippen LogP contribution in [0.2, 0.25) is 10.0 Å². The second-order valence-corrected chi connectivity index (χ2v) is 6.00. The van der Waals surface area contributed by atoms with Crippen molar-refractivity contribution in [2.75, 3.05) is 0 Å². The largest absolute Gasteiger partial charge is 0.349 e. The predicted molar refractivity (Wildman–Crippen MR) is 82.1 cm³/mol. The number of hydrogen-bond acceptors (Lipinski definition) is 3. The molecular formula is C14H16Cl2N2O3. The fraction of sp³-hybridized carbons (Fsp3) is 0.500. The van der Waals surface area contributed by atoms with Crippen molar-refractivity contribution in [2.24, 2.45) is 0 Å². The van der Waals surface area contributed by atoms with Crippen LogP contribution < -0.4 is 5.32 Å². The first-order chi connectivity index (χ1) is 9.99. The normalized spacial score (nSPS) is 16.3. The van der Waals surface area contributed by atoms with Gasteiger partial charge in [-0.2, -0.15) is 0 Å². The molecule has 7 heteroatoms. The number of nitro groups is 1. The molecule has 0 aliphatic heterocycles. The minimum absolute atomic E-state index is 0.0110. The van der Waals surface area contributed by atoms with E-state index in [1.165, 1.54) is 25.0 Å². The number of amides is 1. The molecule has 1 amide bonds. The molecule has 0 heterocycles. The summed E-state index contributed by atoms with van der Waals surface area (Å²) in [6, 6.07) is 2.65. The third-order valence-corrected chi connectivity index (χ3v) is 4.45. The molecule has 1 aromatic rings. The Morgan fingerprint density at radius 2 is 1.81 bits per heavy atom. The van der Waals surface area contributed by atoms with Crippen LogP contribution in [0.25, 0.3) is 0 Å². The number of nitrogens with one attached hydrogen (secondary N) is 1. The summed E-state index contributed by atoms with van der Waals surface area (Å²) < 4.78 is 0. The van der Waals surface area contributed by atoms with Gasteiger partial charge in [0.25, 0.3) is 11.6 Å². The fourth-order valence-corrected chi connectivity index (χ4v) is 2.92. The van der Waals surface area contributed by atoms with Crippen molar-refractivity contribution in [3.63, 3.8) is 0 Å². The monoisotopic (exact) mass is 330 g/mol. The van der Waals surface area contributed by atoms with Crippen molar-refractivity contribution >= 4 is 34.8 Å². The van der Waals surface area contributed by atoms with Gasteiger partial charge in [-0.15, -0.1) is 0 Å². The Balaban J connectivity index is 2.17. The second kappa shape index (κ2) is 7.09. The van der Waals surface area contributed by atoms with Crippen molar-refractivity contribution in [1.29, 1.82) is 0 Å². The van der Waals surface area contributed by atoms with Gasteiger partial charge in [-0.05, 0) is 18.9 Å². The molecule has 1 aromatic carbocycles. The Morgan fingerprint density at radius 1 is 1.19 bits per heavy atom. The standard InChI is InChI=1S/C14H16Cl2N2O3/c15-11-7-9(8-12(13(11)16)18(20)21)14(19)17-10-5-3-1-2-4-6-10/h7-8,10H,1-6H2,(H,17,19). The quantitative estimate of drug-likeness (QED) is 0.508. The molecule has 1 aliphatic carbocycles. The van der Waals surface area contributed by atoms with Gasteiger partial charge in [0.05, 0.1) is 9.95 Å². The maximum Gasteiger partial charge on any atom is 0.290 e. The van der Waals surface area contributed by atoms with Crippen LogP contribution in [0.5, 0.6) is 0 Å². The molecule has 1 saturated carbocycles. The van der Waals surface area contributed by atoms with E-state index in [2.05, 4.69) is 5.32 Å². The van der Waals surface area contributed by atoms with Gasteiger partial charge in [0.2, 0.25) is 0 Å². The summed E-state index contributed by atoms with van der Waals surface area (Å²) in [6.45, 7) is 0. The Morgan fingerprint density at radius 3 is 2.38 bits per heavy atom. The lowest BCUT2D eigenvalue weighted by Crippen LogP contribution is -2.34. The van der Waals surface area contributed by atoms with E-state index in [1.54, 1.807) is 0 Å². The topological polar surface area (TPSA) is 72.2 Å². The maximum absolute atomic E-state index is 12.2. The molecule has 0 bridgehead atoms. The van der Waals surface area contributed by atoms with Crippen LogP contribution in [0.4, 0.5) is 5.69 Å². The van der Waals surface area contributed by atoms with Gasteiger partial charge >= 0.3 is 0 Å². The zero-order valence-corrected chi connectivity index (χ0v) is 12.9. The minimum Gasteiger partial charge on any atom is -0.349 e. The number of hydrogen-bond donors (Lipinski definition) is 1. The third kappa shape index (κ3) is 4.08. The number of benzene rings is 1. The van der Waals surface area contributed by atoms with Gasteiger partial charge in [0.1, 0.15) is 5.02 Å². The lowest BCUT2D eigenvalue weighted by molar-refractivity contribution is -0.384. The molecule has 1 fully saturated rings. The Labute approximate surface area is 132 Å². The van der Waals surface area contributed by atoms with Crippen molar-refractivity contribution in [3.8, 4) is 0 Å². The highest BCUT2D eigenvalue weighted by atomic mass is 35.5. The second-order valence-electron chi connectivity index (χ2n) is 5.21. The van der Waals surface area contributed by atoms with E-state index in [1.807, 2.05) is 0 Å². The number of carbonyl (C=O) groups excluding carboxylic acids is 1. The summed E-state index contributed by atoms with van der Waals surface area (Å²) in [7, 11) is 0. The van der Waals surface area contributed by atoms with E-state index in [0.717, 1.165) is 25.7 Å². The van der Waals surface area contributed by atoms with Crippen molar-refractivity contribution in [2.45, 2.75) is 44.6 Å². The van der Waals surface area contributed by atoms with E-state index < -0.39 is 4.92 Å². The van der Waals surface area contributed by atoms with Gasteiger partial charge in [0, 0.05) is 17.7 Å². The summed E-state index contributed by atoms with van der Waals surface area (Å²) >= 11 is 11.6. The average Bonchev–Trinajstić information content (AvgIpc) is 2.69. The zero-order chi connectivity index (χ0) is 15.4. The average molecular weight is 331 g/mol. The van der Waals surface area contributed by atoms with Crippen molar-refractivity contribution < 1.29 is 9.72 Å². The van der Waals surface area contributed by atoms with Crippen LogP contribution in [-0.2, 0) is 0 Å².